The van der Waals surface area contributed by atoms with Gasteiger partial charge in [-0.25, -0.2) is 8.42 Å². The average Bonchev–Trinajstić information content (AvgIpc) is 3.24. The van der Waals surface area contributed by atoms with Gasteiger partial charge in [0.2, 0.25) is 0 Å². The van der Waals surface area contributed by atoms with Gasteiger partial charge in [0.05, 0.1) is 11.5 Å². The topological polar surface area (TPSA) is 83.9 Å². The van der Waals surface area contributed by atoms with Crippen LogP contribution in [-0.2, 0) is 16.4 Å². The van der Waals surface area contributed by atoms with Gasteiger partial charge in [-0.3, -0.25) is 9.69 Å². The zero-order valence-electron chi connectivity index (χ0n) is 15.8. The van der Waals surface area contributed by atoms with Crippen LogP contribution in [0.2, 0.25) is 0 Å². The molecular formula is C20H25NO5S2. The van der Waals surface area contributed by atoms with Gasteiger partial charge in [-0.1, -0.05) is 12.1 Å². The van der Waals surface area contributed by atoms with Crippen molar-refractivity contribution in [2.45, 2.75) is 32.0 Å². The molecule has 2 unspecified atom stereocenters. The van der Waals surface area contributed by atoms with Crippen molar-refractivity contribution in [2.75, 3.05) is 24.7 Å². The minimum atomic E-state index is -3.01. The van der Waals surface area contributed by atoms with E-state index in [0.29, 0.717) is 30.8 Å². The maximum Gasteiger partial charge on any atom is 0.151 e. The molecule has 0 aliphatic carbocycles. The maximum atomic E-state index is 11.9. The smallest absolute Gasteiger partial charge is 0.151 e. The SMILES string of the molecule is Cc1ccsc1CN(CC(O)COc1cccc(C=O)c1)C1CCS(=O)(=O)C1. The van der Waals surface area contributed by atoms with Crippen molar-refractivity contribution < 1.29 is 23.1 Å². The standard InChI is InChI=1S/C20H25NO5S2/c1-15-5-7-27-20(15)11-21(17-6-8-28(24,25)14-17)10-18(23)13-26-19-4-2-3-16(9-19)12-22/h2-5,7,9,12,17-18,23H,6,8,10-11,13-14H2,1H3. The summed E-state index contributed by atoms with van der Waals surface area (Å²) in [6.07, 6.45) is 0.555. The normalized spacial score (nSPS) is 19.6. The number of aldehydes is 1. The number of thiophene rings is 1. The molecule has 1 aromatic carbocycles. The molecule has 1 saturated heterocycles. The summed E-state index contributed by atoms with van der Waals surface area (Å²) in [6.45, 7) is 3.04. The van der Waals surface area contributed by atoms with Gasteiger partial charge in [-0.2, -0.15) is 0 Å². The van der Waals surface area contributed by atoms with Gasteiger partial charge in [0, 0.05) is 29.6 Å². The Labute approximate surface area is 169 Å². The second-order valence-electron chi connectivity index (χ2n) is 7.17. The highest BCUT2D eigenvalue weighted by atomic mass is 32.2. The summed E-state index contributed by atoms with van der Waals surface area (Å²) in [7, 11) is -3.01. The Balaban J connectivity index is 1.64. The number of aliphatic hydroxyl groups is 1. The second-order valence-corrected chi connectivity index (χ2v) is 10.4. The Hall–Kier alpha value is -1.74. The molecule has 2 atom stereocenters. The van der Waals surface area contributed by atoms with Crippen molar-refractivity contribution in [2.24, 2.45) is 0 Å². The highest BCUT2D eigenvalue weighted by Crippen LogP contribution is 2.24. The third kappa shape index (κ3) is 5.64. The lowest BCUT2D eigenvalue weighted by atomic mass is 10.1. The number of sulfone groups is 1. The Morgan fingerprint density at radius 3 is 2.86 bits per heavy atom. The highest BCUT2D eigenvalue weighted by molar-refractivity contribution is 7.91. The van der Waals surface area contributed by atoms with Crippen molar-refractivity contribution in [3.63, 3.8) is 0 Å². The number of rotatable bonds is 9. The number of carbonyl (C=O) groups excluding carboxylic acids is 1. The molecule has 1 aliphatic heterocycles. The van der Waals surface area contributed by atoms with E-state index in [1.54, 1.807) is 35.6 Å². The molecule has 1 N–H and O–H groups in total. The second kappa shape index (κ2) is 9.17. The van der Waals surface area contributed by atoms with Gasteiger partial charge in [0.15, 0.2) is 9.84 Å². The molecule has 0 amide bonds. The largest absolute Gasteiger partial charge is 0.491 e. The van der Waals surface area contributed by atoms with Crippen molar-refractivity contribution in [1.29, 1.82) is 0 Å². The van der Waals surface area contributed by atoms with E-state index in [1.165, 1.54) is 10.4 Å². The predicted octanol–water partition coefficient (Wildman–Crippen LogP) is 2.30. The summed E-state index contributed by atoms with van der Waals surface area (Å²) >= 11 is 1.64. The average molecular weight is 424 g/mol. The first-order chi connectivity index (χ1) is 13.4. The van der Waals surface area contributed by atoms with Gasteiger partial charge < -0.3 is 9.84 Å². The van der Waals surface area contributed by atoms with Crippen LogP contribution in [0.15, 0.2) is 35.7 Å². The van der Waals surface area contributed by atoms with Crippen LogP contribution < -0.4 is 4.74 Å². The van der Waals surface area contributed by atoms with Crippen molar-refractivity contribution in [3.8, 4) is 5.75 Å². The number of nitrogens with zero attached hydrogens (tertiary/aromatic N) is 1. The molecular weight excluding hydrogens is 398 g/mol. The molecule has 8 heteroatoms. The molecule has 1 aliphatic rings. The quantitative estimate of drug-likeness (QED) is 0.623. The molecule has 1 fully saturated rings. The number of aliphatic hydroxyl groups excluding tert-OH is 1. The maximum absolute atomic E-state index is 11.9. The Morgan fingerprint density at radius 2 is 2.21 bits per heavy atom. The van der Waals surface area contributed by atoms with E-state index in [2.05, 4.69) is 4.90 Å². The van der Waals surface area contributed by atoms with Crippen molar-refractivity contribution in [1.82, 2.24) is 4.90 Å². The molecule has 28 heavy (non-hydrogen) atoms. The number of hydrogen-bond acceptors (Lipinski definition) is 7. The van der Waals surface area contributed by atoms with E-state index in [1.807, 2.05) is 18.4 Å². The molecule has 3 rings (SSSR count). The number of hydrogen-bond donors (Lipinski definition) is 1. The van der Waals surface area contributed by atoms with E-state index >= 15 is 0 Å². The molecule has 152 valence electrons. The van der Waals surface area contributed by atoms with Crippen LogP contribution in [0.1, 0.15) is 27.2 Å². The van der Waals surface area contributed by atoms with Gasteiger partial charge in [0.1, 0.15) is 24.7 Å². The first kappa shape index (κ1) is 21.0. The van der Waals surface area contributed by atoms with E-state index in [-0.39, 0.29) is 24.2 Å². The molecule has 0 spiro atoms. The van der Waals surface area contributed by atoms with Crippen LogP contribution in [0, 0.1) is 6.92 Å². The summed E-state index contributed by atoms with van der Waals surface area (Å²) in [5.41, 5.74) is 1.69. The Bertz CT molecular complexity index is 909. The van der Waals surface area contributed by atoms with Gasteiger partial charge in [0.25, 0.3) is 0 Å². The Kier molecular flexibility index (Phi) is 6.87. The molecule has 0 bridgehead atoms. The van der Waals surface area contributed by atoms with Crippen LogP contribution in [0.5, 0.6) is 5.75 Å². The summed E-state index contributed by atoms with van der Waals surface area (Å²) in [6, 6.07) is 8.71. The fourth-order valence-corrected chi connectivity index (χ4v) is 6.04. The van der Waals surface area contributed by atoms with Crippen LogP contribution in [0.25, 0.3) is 0 Å². The fraction of sp³-hybridized carbons (Fsp3) is 0.450. The lowest BCUT2D eigenvalue weighted by Gasteiger charge is -2.30. The van der Waals surface area contributed by atoms with Crippen LogP contribution >= 0.6 is 11.3 Å². The van der Waals surface area contributed by atoms with Gasteiger partial charge in [-0.15, -0.1) is 11.3 Å². The minimum absolute atomic E-state index is 0.0711. The van der Waals surface area contributed by atoms with Crippen LogP contribution in [0.3, 0.4) is 0 Å². The molecule has 2 heterocycles. The predicted molar refractivity (Wildman–Crippen MR) is 110 cm³/mol. The number of ether oxygens (including phenoxy) is 1. The Morgan fingerprint density at radius 1 is 1.39 bits per heavy atom. The first-order valence-electron chi connectivity index (χ1n) is 9.20. The van der Waals surface area contributed by atoms with Gasteiger partial charge >= 0.3 is 0 Å². The summed E-state index contributed by atoms with van der Waals surface area (Å²) < 4.78 is 29.5. The number of benzene rings is 1. The zero-order valence-corrected chi connectivity index (χ0v) is 17.4. The zero-order chi connectivity index (χ0) is 20.1. The summed E-state index contributed by atoms with van der Waals surface area (Å²) in [5.74, 6) is 0.849. The molecule has 0 radical (unpaired) electrons. The number of aryl methyl sites for hydroxylation is 1. The highest BCUT2D eigenvalue weighted by Gasteiger charge is 2.33. The first-order valence-corrected chi connectivity index (χ1v) is 11.9. The summed E-state index contributed by atoms with van der Waals surface area (Å²) in [5, 5.41) is 12.5. The fourth-order valence-electron chi connectivity index (χ4n) is 3.35. The molecule has 1 aromatic heterocycles. The van der Waals surface area contributed by atoms with Crippen molar-refractivity contribution >= 4 is 27.5 Å². The van der Waals surface area contributed by atoms with Crippen LogP contribution in [-0.4, -0.2) is 61.5 Å². The number of carbonyl (C=O) groups is 1. The lowest BCUT2D eigenvalue weighted by Crippen LogP contribution is -2.42. The molecule has 2 aromatic rings. The monoisotopic (exact) mass is 423 g/mol. The van der Waals surface area contributed by atoms with Crippen molar-refractivity contribution in [3.05, 3.63) is 51.7 Å². The lowest BCUT2D eigenvalue weighted by molar-refractivity contribution is 0.0528. The summed E-state index contributed by atoms with van der Waals surface area (Å²) in [4.78, 5) is 14.1. The van der Waals surface area contributed by atoms with E-state index in [0.717, 1.165) is 6.29 Å². The van der Waals surface area contributed by atoms with E-state index in [9.17, 15) is 18.3 Å². The van der Waals surface area contributed by atoms with E-state index in [4.69, 9.17) is 4.74 Å². The van der Waals surface area contributed by atoms with Gasteiger partial charge in [-0.05, 0) is 42.5 Å². The van der Waals surface area contributed by atoms with Crippen LogP contribution in [0.4, 0.5) is 0 Å². The van der Waals surface area contributed by atoms with E-state index < -0.39 is 15.9 Å². The minimum Gasteiger partial charge on any atom is -0.491 e. The third-order valence-corrected chi connectivity index (χ3v) is 7.68. The molecule has 6 nitrogen and oxygen atoms in total. The third-order valence-electron chi connectivity index (χ3n) is 4.92. The molecule has 0 saturated carbocycles.